The maximum atomic E-state index is 16.7. The van der Waals surface area contributed by atoms with E-state index in [9.17, 15) is 22.3 Å². The maximum Gasteiger partial charge on any atom is 0.319 e. The fourth-order valence-corrected chi connectivity index (χ4v) is 10.2. The van der Waals surface area contributed by atoms with Crippen molar-refractivity contribution in [2.45, 2.75) is 54.3 Å². The number of alkyl halides is 1. The molecule has 1 N–H and O–H groups in total. The van der Waals surface area contributed by atoms with E-state index in [2.05, 4.69) is 14.9 Å². The Bertz CT molecular complexity index is 1980. The van der Waals surface area contributed by atoms with E-state index in [1.54, 1.807) is 6.07 Å². The second-order valence-electron chi connectivity index (χ2n) is 12.8. The van der Waals surface area contributed by atoms with E-state index in [0.717, 1.165) is 25.5 Å². The average Bonchev–Trinajstić information content (AvgIpc) is 3.53. The Balaban J connectivity index is 1.27. The van der Waals surface area contributed by atoms with Gasteiger partial charge in [0.1, 0.15) is 29.9 Å². The van der Waals surface area contributed by atoms with E-state index in [4.69, 9.17) is 4.74 Å². The molecule has 13 heteroatoms. The molecular formula is C32H30F4N4O4S. The summed E-state index contributed by atoms with van der Waals surface area (Å²) in [4.78, 5) is 13.0. The van der Waals surface area contributed by atoms with Crippen molar-refractivity contribution in [3.8, 4) is 22.9 Å². The number of aromatic nitrogens is 2. The molecule has 8 nitrogen and oxygen atoms in total. The SMILES string of the molecule is O=S1(=O)C2CCC1CN(c1nc(OC[C@@]34CCCN3C[C@H](F)C4)nc3c(F)c(-c4cc(O)cc5ccc(F)c(F)c45)ccc13)C2. The molecule has 0 amide bonds. The summed E-state index contributed by atoms with van der Waals surface area (Å²) in [5.41, 5.74) is -0.858. The lowest BCUT2D eigenvalue weighted by molar-refractivity contribution is 0.107. The van der Waals surface area contributed by atoms with Crippen molar-refractivity contribution in [1.82, 2.24) is 14.9 Å². The van der Waals surface area contributed by atoms with Gasteiger partial charge in [-0.25, -0.2) is 26.0 Å². The highest BCUT2D eigenvalue weighted by molar-refractivity contribution is 7.93. The van der Waals surface area contributed by atoms with Crippen LogP contribution in [0.3, 0.4) is 0 Å². The zero-order chi connectivity index (χ0) is 31.2. The van der Waals surface area contributed by atoms with Crippen LogP contribution in [0.4, 0.5) is 23.4 Å². The van der Waals surface area contributed by atoms with Crippen molar-refractivity contribution in [1.29, 1.82) is 0 Å². The molecule has 236 valence electrons. The number of hydrogen-bond acceptors (Lipinski definition) is 8. The first-order valence-electron chi connectivity index (χ1n) is 15.1. The summed E-state index contributed by atoms with van der Waals surface area (Å²) < 4.78 is 92.3. The summed E-state index contributed by atoms with van der Waals surface area (Å²) >= 11 is 0. The number of anilines is 1. The molecule has 0 aliphatic carbocycles. The lowest BCUT2D eigenvalue weighted by Gasteiger charge is -2.34. The average molecular weight is 643 g/mol. The number of aromatic hydroxyl groups is 1. The van der Waals surface area contributed by atoms with Gasteiger partial charge in [-0.15, -0.1) is 0 Å². The minimum atomic E-state index is -3.28. The van der Waals surface area contributed by atoms with Crippen LogP contribution in [0, 0.1) is 17.5 Å². The van der Waals surface area contributed by atoms with Crippen LogP contribution >= 0.6 is 0 Å². The largest absolute Gasteiger partial charge is 0.508 e. The number of rotatable bonds is 5. The van der Waals surface area contributed by atoms with Crippen LogP contribution in [0.1, 0.15) is 32.1 Å². The second kappa shape index (κ2) is 10.1. The molecule has 0 saturated carbocycles. The van der Waals surface area contributed by atoms with Crippen LogP contribution in [0.2, 0.25) is 0 Å². The summed E-state index contributed by atoms with van der Waals surface area (Å²) in [5, 5.41) is 9.53. The van der Waals surface area contributed by atoms with E-state index in [-0.39, 0.29) is 58.9 Å². The smallest absolute Gasteiger partial charge is 0.319 e. The van der Waals surface area contributed by atoms with Gasteiger partial charge in [-0.1, -0.05) is 12.1 Å². The van der Waals surface area contributed by atoms with Gasteiger partial charge in [-0.2, -0.15) is 9.97 Å². The third-order valence-electron chi connectivity index (χ3n) is 10.2. The summed E-state index contributed by atoms with van der Waals surface area (Å²) in [6, 6.07) is 7.49. The van der Waals surface area contributed by atoms with Gasteiger partial charge < -0.3 is 14.7 Å². The lowest BCUT2D eigenvalue weighted by Crippen LogP contribution is -2.47. The van der Waals surface area contributed by atoms with E-state index in [1.165, 1.54) is 24.3 Å². The highest BCUT2D eigenvalue weighted by Crippen LogP contribution is 2.43. The van der Waals surface area contributed by atoms with Gasteiger partial charge in [0.05, 0.1) is 16.0 Å². The predicted molar refractivity (Wildman–Crippen MR) is 161 cm³/mol. The Morgan fingerprint density at radius 3 is 2.53 bits per heavy atom. The maximum absolute atomic E-state index is 16.7. The van der Waals surface area contributed by atoms with Crippen LogP contribution in [-0.2, 0) is 9.84 Å². The molecule has 0 spiro atoms. The fraction of sp³-hybridized carbons (Fsp3) is 0.438. The Hall–Kier alpha value is -3.71. The van der Waals surface area contributed by atoms with E-state index in [0.29, 0.717) is 37.0 Å². The Kier molecular flexibility index (Phi) is 6.48. The summed E-state index contributed by atoms with van der Waals surface area (Å²) in [5.74, 6) is -3.12. The second-order valence-corrected chi connectivity index (χ2v) is 15.3. The third kappa shape index (κ3) is 4.44. The highest BCUT2D eigenvalue weighted by Gasteiger charge is 2.50. The van der Waals surface area contributed by atoms with Crippen LogP contribution in [-0.4, -0.2) is 83.4 Å². The molecule has 2 unspecified atom stereocenters. The minimum Gasteiger partial charge on any atom is -0.508 e. The normalized spacial score (nSPS) is 27.5. The van der Waals surface area contributed by atoms with E-state index < -0.39 is 49.5 Å². The molecule has 3 aromatic carbocycles. The van der Waals surface area contributed by atoms with Gasteiger partial charge >= 0.3 is 6.01 Å². The number of hydrogen-bond donors (Lipinski definition) is 1. The summed E-state index contributed by atoms with van der Waals surface area (Å²) in [6.45, 7) is 1.53. The van der Waals surface area contributed by atoms with Crippen LogP contribution in [0.5, 0.6) is 11.8 Å². The Morgan fingerprint density at radius 2 is 1.76 bits per heavy atom. The molecule has 0 radical (unpaired) electrons. The molecule has 45 heavy (non-hydrogen) atoms. The van der Waals surface area contributed by atoms with Crippen LogP contribution in [0.15, 0.2) is 36.4 Å². The first-order valence-corrected chi connectivity index (χ1v) is 16.8. The number of benzene rings is 3. The first kappa shape index (κ1) is 28.7. The molecule has 8 rings (SSSR count). The predicted octanol–water partition coefficient (Wildman–Crippen LogP) is 5.29. The minimum absolute atomic E-state index is 0.0634. The van der Waals surface area contributed by atoms with Gasteiger partial charge in [0.25, 0.3) is 0 Å². The lowest BCUT2D eigenvalue weighted by atomic mass is 9.95. The Morgan fingerprint density at radius 1 is 0.978 bits per heavy atom. The molecule has 1 aromatic heterocycles. The van der Waals surface area contributed by atoms with Crippen molar-refractivity contribution >= 4 is 37.3 Å². The molecule has 4 aromatic rings. The van der Waals surface area contributed by atoms with Gasteiger partial charge in [-0.05, 0) is 67.4 Å². The van der Waals surface area contributed by atoms with Gasteiger partial charge in [0.15, 0.2) is 27.3 Å². The fourth-order valence-electron chi connectivity index (χ4n) is 7.98. The monoisotopic (exact) mass is 642 g/mol. The quantitative estimate of drug-likeness (QED) is 0.294. The van der Waals surface area contributed by atoms with Crippen LogP contribution < -0.4 is 9.64 Å². The van der Waals surface area contributed by atoms with Gasteiger partial charge in [-0.3, -0.25) is 4.90 Å². The zero-order valence-corrected chi connectivity index (χ0v) is 25.0. The number of phenolic OH excluding ortho intramolecular Hbond substituents is 1. The van der Waals surface area contributed by atoms with Crippen molar-refractivity contribution in [2.75, 3.05) is 37.7 Å². The molecule has 4 aliphatic rings. The zero-order valence-electron chi connectivity index (χ0n) is 24.1. The van der Waals surface area contributed by atoms with E-state index in [1.807, 2.05) is 4.90 Å². The molecule has 2 bridgehead atoms. The van der Waals surface area contributed by atoms with Gasteiger partial charge in [0.2, 0.25) is 0 Å². The highest BCUT2D eigenvalue weighted by atomic mass is 32.2. The first-order chi connectivity index (χ1) is 21.5. The summed E-state index contributed by atoms with van der Waals surface area (Å²) in [7, 11) is -3.28. The van der Waals surface area contributed by atoms with Crippen molar-refractivity contribution in [3.05, 3.63) is 53.8 Å². The topological polar surface area (TPSA) is 95.9 Å². The number of phenols is 1. The van der Waals surface area contributed by atoms with Crippen LogP contribution in [0.25, 0.3) is 32.8 Å². The molecule has 4 saturated heterocycles. The number of nitrogens with zero attached hydrogens (tertiary/aromatic N) is 4. The van der Waals surface area contributed by atoms with Crippen molar-refractivity contribution in [2.24, 2.45) is 0 Å². The number of sulfone groups is 1. The van der Waals surface area contributed by atoms with Crippen molar-refractivity contribution < 1.29 is 35.8 Å². The van der Waals surface area contributed by atoms with Crippen molar-refractivity contribution in [3.63, 3.8) is 0 Å². The molecule has 5 heterocycles. The number of ether oxygens (including phenoxy) is 1. The molecule has 4 atom stereocenters. The standard InChI is InChI=1S/C32H30F4N4O4S/c33-18-12-32(8-1-9-40(32)13-18)16-44-31-37-29-23(30(38-31)39-14-20-3-4-21(15-39)45(20,42)43)6-5-22(27(29)35)24-11-19(41)10-17-2-7-25(34)28(36)26(17)24/h2,5-7,10-11,18,20-21,41H,1,3-4,8-9,12-16H2/t18-,20?,21?,32+/m1/s1. The Labute approximate surface area is 256 Å². The van der Waals surface area contributed by atoms with Gasteiger partial charge in [0, 0.05) is 42.4 Å². The molecular weight excluding hydrogens is 612 g/mol. The number of halogens is 4. The molecule has 4 fully saturated rings. The third-order valence-corrected chi connectivity index (χ3v) is 12.8. The molecule has 4 aliphatic heterocycles. The summed E-state index contributed by atoms with van der Waals surface area (Å²) in [6.07, 6.45) is 2.04. The van der Waals surface area contributed by atoms with E-state index >= 15 is 8.78 Å². The number of fused-ring (bicyclic) bond motifs is 5.